The fraction of sp³-hybridized carbons (Fsp3) is 0.909. The lowest BCUT2D eigenvalue weighted by atomic mass is 9.84. The maximum Gasteiger partial charge on any atom is 0.223 e. The molecule has 1 amide bonds. The Morgan fingerprint density at radius 2 is 2.36 bits per heavy atom. The minimum atomic E-state index is 0.282. The molecular weight excluding hydrogens is 176 g/mol. The monoisotopic (exact) mass is 196 g/mol. The van der Waals surface area contributed by atoms with Gasteiger partial charge in [-0.05, 0) is 31.2 Å². The van der Waals surface area contributed by atoms with Crippen LogP contribution in [0.3, 0.4) is 0 Å². The molecule has 0 aromatic heterocycles. The van der Waals surface area contributed by atoms with E-state index in [1.165, 1.54) is 12.8 Å². The van der Waals surface area contributed by atoms with Crippen LogP contribution in [0.2, 0.25) is 0 Å². The molecular formula is C11H20N2O. The molecule has 2 fully saturated rings. The van der Waals surface area contributed by atoms with Crippen LogP contribution in [0.4, 0.5) is 0 Å². The summed E-state index contributed by atoms with van der Waals surface area (Å²) in [6.45, 7) is 5.22. The Morgan fingerprint density at radius 3 is 2.86 bits per heavy atom. The van der Waals surface area contributed by atoms with Crippen molar-refractivity contribution in [3.05, 3.63) is 0 Å². The molecule has 2 rings (SSSR count). The van der Waals surface area contributed by atoms with E-state index in [1.54, 1.807) is 0 Å². The molecule has 0 aromatic rings. The molecule has 0 aromatic carbocycles. The van der Waals surface area contributed by atoms with Crippen LogP contribution in [0.1, 0.15) is 32.6 Å². The first-order valence-corrected chi connectivity index (χ1v) is 5.68. The van der Waals surface area contributed by atoms with E-state index in [9.17, 15) is 4.79 Å². The van der Waals surface area contributed by atoms with Gasteiger partial charge in [-0.3, -0.25) is 4.79 Å². The van der Waals surface area contributed by atoms with E-state index in [1.807, 2.05) is 0 Å². The number of carbonyl (C=O) groups excluding carboxylic acids is 1. The Morgan fingerprint density at radius 1 is 1.57 bits per heavy atom. The number of hydrogen-bond acceptors (Lipinski definition) is 2. The van der Waals surface area contributed by atoms with Gasteiger partial charge >= 0.3 is 0 Å². The average Bonchev–Trinajstić information content (AvgIpc) is 2.47. The number of nitrogens with one attached hydrogen (secondary N) is 2. The first-order valence-electron chi connectivity index (χ1n) is 5.68. The first-order chi connectivity index (χ1) is 6.70. The lowest BCUT2D eigenvalue weighted by Crippen LogP contribution is -2.41. The summed E-state index contributed by atoms with van der Waals surface area (Å²) in [5.74, 6) is 0.609. The van der Waals surface area contributed by atoms with Gasteiger partial charge in [-0.1, -0.05) is 13.3 Å². The summed E-state index contributed by atoms with van der Waals surface area (Å²) in [6.07, 6.45) is 4.61. The van der Waals surface area contributed by atoms with Gasteiger partial charge in [0.1, 0.15) is 0 Å². The zero-order valence-corrected chi connectivity index (χ0v) is 8.94. The third kappa shape index (κ3) is 2.08. The number of hydrogen-bond donors (Lipinski definition) is 2. The van der Waals surface area contributed by atoms with Gasteiger partial charge in [-0.2, -0.15) is 0 Å². The molecule has 0 spiro atoms. The zero-order valence-electron chi connectivity index (χ0n) is 8.94. The standard InChI is InChI=1S/C11H20N2O/c1-11(5-6-12-7-11)8-13-10(14)9-3-2-4-9/h9,12H,2-8H2,1H3,(H,13,14). The third-order valence-corrected chi connectivity index (χ3v) is 3.62. The molecule has 1 atom stereocenters. The summed E-state index contributed by atoms with van der Waals surface area (Å²) in [4.78, 5) is 11.6. The summed E-state index contributed by atoms with van der Waals surface area (Å²) in [5.41, 5.74) is 0.291. The Hall–Kier alpha value is -0.570. The SMILES string of the molecule is CC1(CNC(=O)C2CCC2)CCNC1. The summed E-state index contributed by atoms with van der Waals surface area (Å²) < 4.78 is 0. The molecule has 1 aliphatic carbocycles. The van der Waals surface area contributed by atoms with E-state index in [0.717, 1.165) is 32.5 Å². The molecule has 1 saturated heterocycles. The van der Waals surface area contributed by atoms with Crippen LogP contribution in [-0.4, -0.2) is 25.5 Å². The van der Waals surface area contributed by atoms with Gasteiger partial charge in [-0.25, -0.2) is 0 Å². The van der Waals surface area contributed by atoms with E-state index in [0.29, 0.717) is 11.3 Å². The normalized spacial score (nSPS) is 32.6. The van der Waals surface area contributed by atoms with Crippen molar-refractivity contribution >= 4 is 5.91 Å². The second-order valence-electron chi connectivity index (χ2n) is 5.08. The van der Waals surface area contributed by atoms with Crippen LogP contribution < -0.4 is 10.6 Å². The minimum Gasteiger partial charge on any atom is -0.355 e. The number of amides is 1. The molecule has 1 heterocycles. The fourth-order valence-electron chi connectivity index (χ4n) is 2.13. The maximum absolute atomic E-state index is 11.6. The van der Waals surface area contributed by atoms with Crippen molar-refractivity contribution in [1.82, 2.24) is 10.6 Å². The second kappa shape index (κ2) is 3.89. The van der Waals surface area contributed by atoms with Crippen molar-refractivity contribution in [3.63, 3.8) is 0 Å². The van der Waals surface area contributed by atoms with Crippen LogP contribution in [0.5, 0.6) is 0 Å². The van der Waals surface area contributed by atoms with Crippen LogP contribution in [0.15, 0.2) is 0 Å². The Kier molecular flexibility index (Phi) is 2.77. The van der Waals surface area contributed by atoms with E-state index < -0.39 is 0 Å². The Bertz CT molecular complexity index is 217. The van der Waals surface area contributed by atoms with E-state index in [4.69, 9.17) is 0 Å². The molecule has 1 saturated carbocycles. The first kappa shape index (κ1) is 9.97. The van der Waals surface area contributed by atoms with Gasteiger partial charge in [-0.15, -0.1) is 0 Å². The van der Waals surface area contributed by atoms with E-state index in [-0.39, 0.29) is 5.91 Å². The highest BCUT2D eigenvalue weighted by Crippen LogP contribution is 2.27. The molecule has 1 unspecified atom stereocenters. The number of rotatable bonds is 3. The Labute approximate surface area is 85.6 Å². The predicted octanol–water partition coefficient (Wildman–Crippen LogP) is 0.902. The number of carbonyl (C=O) groups is 1. The topological polar surface area (TPSA) is 41.1 Å². The van der Waals surface area contributed by atoms with Gasteiger partial charge in [0.15, 0.2) is 0 Å². The highest BCUT2D eigenvalue weighted by Gasteiger charge is 2.31. The van der Waals surface area contributed by atoms with Gasteiger partial charge in [0.2, 0.25) is 5.91 Å². The average molecular weight is 196 g/mol. The van der Waals surface area contributed by atoms with Crippen LogP contribution >= 0.6 is 0 Å². The van der Waals surface area contributed by atoms with Crippen LogP contribution in [0, 0.1) is 11.3 Å². The molecule has 3 heteroatoms. The van der Waals surface area contributed by atoms with E-state index >= 15 is 0 Å². The summed E-state index contributed by atoms with van der Waals surface area (Å²) in [5, 5.41) is 6.43. The summed E-state index contributed by atoms with van der Waals surface area (Å²) >= 11 is 0. The van der Waals surface area contributed by atoms with Crippen LogP contribution in [-0.2, 0) is 4.79 Å². The molecule has 14 heavy (non-hydrogen) atoms. The van der Waals surface area contributed by atoms with Gasteiger partial charge < -0.3 is 10.6 Å². The molecule has 1 aliphatic heterocycles. The van der Waals surface area contributed by atoms with Crippen molar-refractivity contribution in [2.24, 2.45) is 11.3 Å². The van der Waals surface area contributed by atoms with Crippen LogP contribution in [0.25, 0.3) is 0 Å². The van der Waals surface area contributed by atoms with Gasteiger partial charge in [0.25, 0.3) is 0 Å². The highest BCUT2D eigenvalue weighted by molar-refractivity contribution is 5.79. The lowest BCUT2D eigenvalue weighted by molar-refractivity contribution is -0.127. The summed E-state index contributed by atoms with van der Waals surface area (Å²) in [6, 6.07) is 0. The van der Waals surface area contributed by atoms with Crippen molar-refractivity contribution in [3.8, 4) is 0 Å². The molecule has 3 nitrogen and oxygen atoms in total. The smallest absolute Gasteiger partial charge is 0.223 e. The van der Waals surface area contributed by atoms with Crippen molar-refractivity contribution in [2.75, 3.05) is 19.6 Å². The quantitative estimate of drug-likeness (QED) is 0.704. The maximum atomic E-state index is 11.6. The molecule has 2 N–H and O–H groups in total. The molecule has 0 bridgehead atoms. The second-order valence-corrected chi connectivity index (χ2v) is 5.08. The third-order valence-electron chi connectivity index (χ3n) is 3.62. The zero-order chi connectivity index (χ0) is 10.0. The fourth-order valence-corrected chi connectivity index (χ4v) is 2.13. The van der Waals surface area contributed by atoms with Crippen molar-refractivity contribution in [2.45, 2.75) is 32.6 Å². The lowest BCUT2D eigenvalue weighted by Gasteiger charge is -2.28. The Balaban J connectivity index is 1.72. The summed E-state index contributed by atoms with van der Waals surface area (Å²) in [7, 11) is 0. The molecule has 80 valence electrons. The highest BCUT2D eigenvalue weighted by atomic mass is 16.1. The van der Waals surface area contributed by atoms with Crippen molar-refractivity contribution in [1.29, 1.82) is 0 Å². The van der Waals surface area contributed by atoms with Gasteiger partial charge in [0.05, 0.1) is 0 Å². The molecule has 2 aliphatic rings. The van der Waals surface area contributed by atoms with E-state index in [2.05, 4.69) is 17.6 Å². The predicted molar refractivity (Wildman–Crippen MR) is 55.9 cm³/mol. The van der Waals surface area contributed by atoms with Crippen molar-refractivity contribution < 1.29 is 4.79 Å². The minimum absolute atomic E-state index is 0.282. The largest absolute Gasteiger partial charge is 0.355 e. The van der Waals surface area contributed by atoms with Gasteiger partial charge in [0, 0.05) is 19.0 Å². The molecule has 0 radical (unpaired) electrons.